The van der Waals surface area contributed by atoms with E-state index in [0.29, 0.717) is 17.8 Å². The van der Waals surface area contributed by atoms with E-state index in [4.69, 9.17) is 18.1 Å². The van der Waals surface area contributed by atoms with Crippen molar-refractivity contribution in [3.63, 3.8) is 0 Å². The van der Waals surface area contributed by atoms with Gasteiger partial charge in [0.15, 0.2) is 12.9 Å². The molecule has 0 fully saturated rings. The first-order valence-corrected chi connectivity index (χ1v) is 9.39. The Morgan fingerprint density at radius 1 is 1.34 bits per heavy atom. The topological polar surface area (TPSA) is 91.6 Å². The quantitative estimate of drug-likeness (QED) is 0.165. The number of alkyl halides is 2. The van der Waals surface area contributed by atoms with Gasteiger partial charge in [0.2, 0.25) is 0 Å². The van der Waals surface area contributed by atoms with E-state index in [1.54, 1.807) is 0 Å². The van der Waals surface area contributed by atoms with Gasteiger partial charge in [0.1, 0.15) is 16.2 Å². The molecular weight excluding hydrogens is 477 g/mol. The zero-order valence-corrected chi connectivity index (χ0v) is 18.1. The van der Waals surface area contributed by atoms with Gasteiger partial charge in [0.05, 0.1) is 11.9 Å². The molecule has 2 aromatic rings. The van der Waals surface area contributed by atoms with Crippen molar-refractivity contribution >= 4 is 40.6 Å². The number of carbonyl (C=O) groups is 1. The zero-order valence-electron chi connectivity index (χ0n) is 15.7. The normalized spacial score (nSPS) is 11.1. The summed E-state index contributed by atoms with van der Waals surface area (Å²) >= 11 is 8.09. The average Bonchev–Trinajstić information content (AvgIpc) is 2.65. The van der Waals surface area contributed by atoms with Crippen LogP contribution in [0.3, 0.4) is 0 Å². The van der Waals surface area contributed by atoms with E-state index < -0.39 is 23.1 Å². The number of nitrogens with two attached hydrogens (primary N) is 1. The second-order valence-electron chi connectivity index (χ2n) is 5.27. The lowest BCUT2D eigenvalue weighted by molar-refractivity contribution is -0.111. The van der Waals surface area contributed by atoms with Crippen LogP contribution < -0.4 is 11.5 Å². The number of aldehydes is 1. The molecule has 12 heteroatoms. The van der Waals surface area contributed by atoms with Crippen LogP contribution in [0.1, 0.15) is 32.0 Å². The lowest BCUT2D eigenvalue weighted by Gasteiger charge is -2.17. The van der Waals surface area contributed by atoms with Gasteiger partial charge in [-0.3, -0.25) is 4.79 Å². The van der Waals surface area contributed by atoms with Gasteiger partial charge < -0.3 is 10.7 Å². The van der Waals surface area contributed by atoms with Crippen molar-refractivity contribution in [2.24, 2.45) is 5.16 Å². The predicted molar refractivity (Wildman–Crippen MR) is 109 cm³/mol. The summed E-state index contributed by atoms with van der Waals surface area (Å²) in [5.74, 6) is 1.17. The van der Waals surface area contributed by atoms with Crippen molar-refractivity contribution in [3.8, 4) is 5.69 Å². The highest BCUT2D eigenvalue weighted by Crippen LogP contribution is 2.26. The van der Waals surface area contributed by atoms with E-state index in [2.05, 4.69) is 25.9 Å². The molecular formula is C17H18BrF3N4O3S. The fourth-order valence-corrected chi connectivity index (χ4v) is 2.81. The Hall–Kier alpha value is -2.47. The van der Waals surface area contributed by atoms with Crippen LogP contribution in [0.4, 0.5) is 13.2 Å². The zero-order chi connectivity index (χ0) is 22.4. The Bertz CT molecular complexity index is 1030. The van der Waals surface area contributed by atoms with Crippen molar-refractivity contribution in [2.75, 3.05) is 12.4 Å². The molecule has 2 rings (SSSR count). The minimum Gasteiger partial charge on any atom is -0.388 e. The summed E-state index contributed by atoms with van der Waals surface area (Å²) in [6, 6.07) is 3.04. The number of aromatic nitrogens is 2. The monoisotopic (exact) mass is 494 g/mol. The highest BCUT2D eigenvalue weighted by molar-refractivity contribution is 9.10. The summed E-state index contributed by atoms with van der Waals surface area (Å²) in [7, 11) is 0. The third-order valence-electron chi connectivity index (χ3n) is 3.30. The van der Waals surface area contributed by atoms with Gasteiger partial charge in [-0.15, -0.1) is 0 Å². The van der Waals surface area contributed by atoms with E-state index in [1.807, 2.05) is 13.8 Å². The van der Waals surface area contributed by atoms with Crippen molar-refractivity contribution in [1.29, 1.82) is 0 Å². The van der Waals surface area contributed by atoms with Crippen molar-refractivity contribution < 1.29 is 22.8 Å². The number of rotatable bonds is 6. The number of benzene rings is 1. The van der Waals surface area contributed by atoms with Gasteiger partial charge in [0, 0.05) is 23.0 Å². The summed E-state index contributed by atoms with van der Waals surface area (Å²) in [6.45, 7) is 4.27. The molecule has 2 N–H and O–H groups in total. The number of hydrogen-bond donors (Lipinski definition) is 1. The number of nitrogens with zero attached hydrogens (tertiary/aromatic N) is 3. The van der Waals surface area contributed by atoms with Gasteiger partial charge in [0.25, 0.3) is 5.92 Å². The Kier molecular flexibility index (Phi) is 8.77. The molecule has 158 valence electrons. The minimum atomic E-state index is -3.42. The highest BCUT2D eigenvalue weighted by Gasteiger charge is 2.30. The summed E-state index contributed by atoms with van der Waals surface area (Å²) in [5, 5.41) is 3.51. The third kappa shape index (κ3) is 5.76. The number of halogens is 4. The minimum absolute atomic E-state index is 0.207. The fraction of sp³-hybridized carbons (Fsp3) is 0.294. The molecule has 0 aliphatic rings. The molecule has 0 aliphatic carbocycles. The van der Waals surface area contributed by atoms with Crippen molar-refractivity contribution in [2.45, 2.75) is 26.7 Å². The molecule has 0 saturated carbocycles. The van der Waals surface area contributed by atoms with E-state index in [9.17, 15) is 22.8 Å². The van der Waals surface area contributed by atoms with Crippen LogP contribution in [0.5, 0.6) is 0 Å². The number of hydrogen-bond acceptors (Lipinski definition) is 6. The lowest BCUT2D eigenvalue weighted by atomic mass is 10.2. The molecule has 1 aromatic carbocycles. The molecule has 0 saturated heterocycles. The number of nitrogen functional groups attached to an aromatic ring is 1. The third-order valence-corrected chi connectivity index (χ3v) is 4.29. The molecule has 0 radical (unpaired) electrons. The summed E-state index contributed by atoms with van der Waals surface area (Å²) in [4.78, 5) is 27.3. The first-order chi connectivity index (χ1) is 13.6. The molecule has 0 aliphatic heterocycles. The van der Waals surface area contributed by atoms with Crippen molar-refractivity contribution in [1.82, 2.24) is 9.24 Å². The smallest absolute Gasteiger partial charge is 0.352 e. The Labute approximate surface area is 177 Å². The van der Waals surface area contributed by atoms with E-state index in [1.165, 1.54) is 6.07 Å². The van der Waals surface area contributed by atoms with Crippen LogP contribution in [0.25, 0.3) is 5.69 Å². The largest absolute Gasteiger partial charge is 0.388 e. The average molecular weight is 495 g/mol. The first-order valence-electron chi connectivity index (χ1n) is 8.18. The standard InChI is InChI=1S/C15H12BrF3N4O3S.C2H6/c1-15(18,19)12-6-13(27)22(14(25)23(12)20)11-4-8(7-21-26-3-2-24)9(16)5-10(11)17;1-2/h2,4-7H,3,20H2,1H3;1-2H3/b21-7+;. The van der Waals surface area contributed by atoms with E-state index in [0.717, 1.165) is 18.3 Å². The Balaban J connectivity index is 0.00000204. The number of oxime groups is 1. The molecule has 0 atom stereocenters. The van der Waals surface area contributed by atoms with Crippen LogP contribution in [0.2, 0.25) is 0 Å². The van der Waals surface area contributed by atoms with Gasteiger partial charge in [-0.25, -0.2) is 18.4 Å². The first kappa shape index (κ1) is 24.6. The molecule has 29 heavy (non-hydrogen) atoms. The van der Waals surface area contributed by atoms with Gasteiger partial charge in [-0.1, -0.05) is 47.2 Å². The maximum absolute atomic E-state index is 14.4. The van der Waals surface area contributed by atoms with Crippen LogP contribution in [-0.2, 0) is 15.6 Å². The van der Waals surface area contributed by atoms with E-state index >= 15 is 0 Å². The van der Waals surface area contributed by atoms with Gasteiger partial charge in [-0.05, 0) is 12.1 Å². The van der Waals surface area contributed by atoms with Crippen LogP contribution in [-0.4, -0.2) is 28.4 Å². The molecule has 0 unspecified atom stereocenters. The second-order valence-corrected chi connectivity index (χ2v) is 6.54. The highest BCUT2D eigenvalue weighted by atomic mass is 79.9. The molecule has 1 aromatic heterocycles. The van der Waals surface area contributed by atoms with Crippen molar-refractivity contribution in [3.05, 3.63) is 54.9 Å². The van der Waals surface area contributed by atoms with Gasteiger partial charge in [-0.2, -0.15) is 8.78 Å². The van der Waals surface area contributed by atoms with Crippen LogP contribution in [0.15, 0.2) is 32.6 Å². The molecule has 1 heterocycles. The van der Waals surface area contributed by atoms with Gasteiger partial charge >= 0.3 is 5.69 Å². The van der Waals surface area contributed by atoms with Crippen LogP contribution in [0, 0.1) is 10.5 Å². The molecule has 0 bridgehead atoms. The summed E-state index contributed by atoms with van der Waals surface area (Å²) in [5.41, 5.74) is -2.02. The fourth-order valence-electron chi connectivity index (χ4n) is 2.11. The maximum Gasteiger partial charge on any atom is 0.352 e. The molecule has 7 nitrogen and oxygen atoms in total. The summed E-state index contributed by atoms with van der Waals surface area (Å²) in [6.07, 6.45) is 1.65. The molecule has 0 spiro atoms. The lowest BCUT2D eigenvalue weighted by Crippen LogP contribution is -2.40. The SMILES string of the molecule is CC.CC(F)(F)c1cc(=S)n(-c2cc(/C=N/OCC=O)c(Br)cc2F)c(=O)n1N. The second kappa shape index (κ2) is 10.3. The predicted octanol–water partition coefficient (Wildman–Crippen LogP) is 3.67. The molecule has 0 amide bonds. The van der Waals surface area contributed by atoms with E-state index in [-0.39, 0.29) is 31.6 Å². The summed E-state index contributed by atoms with van der Waals surface area (Å²) < 4.78 is 42.4. The Morgan fingerprint density at radius 2 is 1.97 bits per heavy atom. The Morgan fingerprint density at radius 3 is 2.52 bits per heavy atom. The maximum atomic E-state index is 14.4. The number of carbonyl (C=O) groups excluding carboxylic acids is 1. The van der Waals surface area contributed by atoms with Crippen LogP contribution >= 0.6 is 28.1 Å².